The van der Waals surface area contributed by atoms with E-state index in [4.69, 9.17) is 0 Å². The largest absolute Gasteiger partial charge is 0.469 e. The van der Waals surface area contributed by atoms with Gasteiger partial charge in [-0.2, -0.15) is 0 Å². The van der Waals surface area contributed by atoms with E-state index in [0.29, 0.717) is 19.0 Å². The summed E-state index contributed by atoms with van der Waals surface area (Å²) in [6, 6.07) is 0.382. The van der Waals surface area contributed by atoms with Crippen molar-refractivity contribution >= 4 is 5.97 Å². The highest BCUT2D eigenvalue weighted by Crippen LogP contribution is 1.91. The maximum Gasteiger partial charge on any atom is 0.306 e. The smallest absolute Gasteiger partial charge is 0.306 e. The van der Waals surface area contributed by atoms with Crippen molar-refractivity contribution in [1.29, 1.82) is 0 Å². The maximum atomic E-state index is 10.7. The molecule has 0 saturated heterocycles. The zero-order valence-corrected chi connectivity index (χ0v) is 7.80. The number of hydrogen-bond acceptors (Lipinski definition) is 3. The number of carbonyl (C=O) groups is 1. The van der Waals surface area contributed by atoms with E-state index in [1.807, 2.05) is 6.08 Å². The molecule has 0 heterocycles. The molecule has 0 amide bonds. The molecule has 1 N–H and O–H groups in total. The van der Waals surface area contributed by atoms with Crippen molar-refractivity contribution in [2.45, 2.75) is 25.8 Å². The summed E-state index contributed by atoms with van der Waals surface area (Å²) < 4.78 is 4.49. The number of methoxy groups -OCH3 is 1. The fraction of sp³-hybridized carbons (Fsp3) is 0.667. The summed E-state index contributed by atoms with van der Waals surface area (Å²) in [6.45, 7) is 6.35. The van der Waals surface area contributed by atoms with Crippen LogP contribution in [-0.2, 0) is 9.53 Å². The lowest BCUT2D eigenvalue weighted by Crippen LogP contribution is -2.27. The minimum atomic E-state index is -0.173. The fourth-order valence-electron chi connectivity index (χ4n) is 0.856. The Kier molecular flexibility index (Phi) is 6.38. The standard InChI is InChI=1S/C9H17NO2/c1-4-5-8(2)10-7-6-9(11)12-3/h4,8,10H,1,5-7H2,2-3H3. The minimum Gasteiger partial charge on any atom is -0.469 e. The Morgan fingerprint density at radius 1 is 1.75 bits per heavy atom. The Balaban J connectivity index is 3.29. The van der Waals surface area contributed by atoms with Gasteiger partial charge in [-0.3, -0.25) is 4.79 Å². The molecule has 0 saturated carbocycles. The summed E-state index contributed by atoms with van der Waals surface area (Å²) in [7, 11) is 1.40. The molecule has 1 unspecified atom stereocenters. The van der Waals surface area contributed by atoms with Crippen molar-refractivity contribution in [2.75, 3.05) is 13.7 Å². The molecule has 70 valence electrons. The van der Waals surface area contributed by atoms with E-state index in [9.17, 15) is 4.79 Å². The van der Waals surface area contributed by atoms with E-state index < -0.39 is 0 Å². The molecule has 0 fully saturated rings. The average Bonchev–Trinajstić information content (AvgIpc) is 2.04. The molecule has 0 aliphatic rings. The SMILES string of the molecule is C=CCC(C)NCCC(=O)OC. The van der Waals surface area contributed by atoms with Crippen LogP contribution >= 0.6 is 0 Å². The van der Waals surface area contributed by atoms with Crippen LogP contribution in [0.15, 0.2) is 12.7 Å². The van der Waals surface area contributed by atoms with Crippen LogP contribution in [-0.4, -0.2) is 25.7 Å². The third-order valence-corrected chi connectivity index (χ3v) is 1.57. The highest BCUT2D eigenvalue weighted by Gasteiger charge is 2.01. The van der Waals surface area contributed by atoms with Gasteiger partial charge in [-0.15, -0.1) is 6.58 Å². The number of hydrogen-bond donors (Lipinski definition) is 1. The van der Waals surface area contributed by atoms with E-state index in [1.165, 1.54) is 7.11 Å². The first kappa shape index (κ1) is 11.2. The summed E-state index contributed by atoms with van der Waals surface area (Å²) in [4.78, 5) is 10.7. The number of carbonyl (C=O) groups excluding carboxylic acids is 1. The second kappa shape index (κ2) is 6.85. The second-order valence-corrected chi connectivity index (χ2v) is 2.71. The van der Waals surface area contributed by atoms with Gasteiger partial charge >= 0.3 is 5.97 Å². The molecular weight excluding hydrogens is 154 g/mol. The summed E-state index contributed by atoms with van der Waals surface area (Å²) in [5, 5.41) is 3.18. The van der Waals surface area contributed by atoms with Crippen LogP contribution in [0, 0.1) is 0 Å². The summed E-state index contributed by atoms with van der Waals surface area (Å²) >= 11 is 0. The Hall–Kier alpha value is -0.830. The lowest BCUT2D eigenvalue weighted by atomic mass is 10.2. The molecule has 0 aromatic carbocycles. The van der Waals surface area contributed by atoms with Gasteiger partial charge in [-0.25, -0.2) is 0 Å². The van der Waals surface area contributed by atoms with Crippen LogP contribution in [0.2, 0.25) is 0 Å². The van der Waals surface area contributed by atoms with E-state index >= 15 is 0 Å². The summed E-state index contributed by atoms with van der Waals surface area (Å²) in [5.41, 5.74) is 0. The molecule has 3 nitrogen and oxygen atoms in total. The average molecular weight is 171 g/mol. The molecular formula is C9H17NO2. The fourth-order valence-corrected chi connectivity index (χ4v) is 0.856. The van der Waals surface area contributed by atoms with Crippen LogP contribution in [0.25, 0.3) is 0 Å². The molecule has 3 heteroatoms. The predicted molar refractivity (Wildman–Crippen MR) is 48.9 cm³/mol. The van der Waals surface area contributed by atoms with Crippen molar-refractivity contribution in [2.24, 2.45) is 0 Å². The monoisotopic (exact) mass is 171 g/mol. The molecule has 0 aromatic rings. The van der Waals surface area contributed by atoms with E-state index in [1.54, 1.807) is 0 Å². The summed E-state index contributed by atoms with van der Waals surface area (Å²) in [5.74, 6) is -0.173. The topological polar surface area (TPSA) is 38.3 Å². The Morgan fingerprint density at radius 3 is 2.92 bits per heavy atom. The molecule has 0 aromatic heterocycles. The van der Waals surface area contributed by atoms with Gasteiger partial charge in [0, 0.05) is 12.6 Å². The van der Waals surface area contributed by atoms with E-state index in [0.717, 1.165) is 6.42 Å². The van der Waals surface area contributed by atoms with Crippen LogP contribution in [0.1, 0.15) is 19.8 Å². The van der Waals surface area contributed by atoms with Gasteiger partial charge in [-0.1, -0.05) is 6.08 Å². The van der Waals surface area contributed by atoms with Gasteiger partial charge in [0.25, 0.3) is 0 Å². The lowest BCUT2D eigenvalue weighted by molar-refractivity contribution is -0.140. The summed E-state index contributed by atoms with van der Waals surface area (Å²) in [6.07, 6.45) is 3.20. The van der Waals surface area contributed by atoms with Crippen molar-refractivity contribution in [3.8, 4) is 0 Å². The molecule has 0 radical (unpaired) electrons. The number of nitrogens with one attached hydrogen (secondary N) is 1. The van der Waals surface area contributed by atoms with Gasteiger partial charge in [0.2, 0.25) is 0 Å². The zero-order chi connectivity index (χ0) is 9.40. The normalized spacial score (nSPS) is 12.2. The predicted octanol–water partition coefficient (Wildman–Crippen LogP) is 1.10. The minimum absolute atomic E-state index is 0.173. The quantitative estimate of drug-likeness (QED) is 0.480. The van der Waals surface area contributed by atoms with Gasteiger partial charge in [0.15, 0.2) is 0 Å². The van der Waals surface area contributed by atoms with Gasteiger partial charge in [0.1, 0.15) is 0 Å². The molecule has 0 spiro atoms. The molecule has 0 rings (SSSR count). The van der Waals surface area contributed by atoms with E-state index in [2.05, 4.69) is 23.6 Å². The highest BCUT2D eigenvalue weighted by molar-refractivity contribution is 5.69. The van der Waals surface area contributed by atoms with E-state index in [-0.39, 0.29) is 5.97 Å². The van der Waals surface area contributed by atoms with Crippen LogP contribution in [0.3, 0.4) is 0 Å². The van der Waals surface area contributed by atoms with Gasteiger partial charge in [-0.05, 0) is 13.3 Å². The second-order valence-electron chi connectivity index (χ2n) is 2.71. The van der Waals surface area contributed by atoms with Crippen LogP contribution < -0.4 is 5.32 Å². The van der Waals surface area contributed by atoms with Crippen molar-refractivity contribution in [1.82, 2.24) is 5.32 Å². The third kappa shape index (κ3) is 5.92. The molecule has 0 aliphatic heterocycles. The first-order valence-corrected chi connectivity index (χ1v) is 4.11. The van der Waals surface area contributed by atoms with Gasteiger partial charge in [0.05, 0.1) is 13.5 Å². The molecule has 0 aliphatic carbocycles. The number of ether oxygens (including phenoxy) is 1. The van der Waals surface area contributed by atoms with Crippen molar-refractivity contribution < 1.29 is 9.53 Å². The molecule has 0 bridgehead atoms. The van der Waals surface area contributed by atoms with Crippen molar-refractivity contribution in [3.05, 3.63) is 12.7 Å². The van der Waals surface area contributed by atoms with Crippen molar-refractivity contribution in [3.63, 3.8) is 0 Å². The first-order valence-electron chi connectivity index (χ1n) is 4.11. The Labute approximate surface area is 73.8 Å². The Bertz CT molecular complexity index is 145. The third-order valence-electron chi connectivity index (χ3n) is 1.57. The first-order chi connectivity index (χ1) is 5.70. The molecule has 1 atom stereocenters. The lowest BCUT2D eigenvalue weighted by Gasteiger charge is -2.09. The maximum absolute atomic E-state index is 10.7. The number of rotatable bonds is 6. The van der Waals surface area contributed by atoms with Gasteiger partial charge < -0.3 is 10.1 Å². The highest BCUT2D eigenvalue weighted by atomic mass is 16.5. The zero-order valence-electron chi connectivity index (χ0n) is 7.80. The number of esters is 1. The Morgan fingerprint density at radius 2 is 2.42 bits per heavy atom. The van der Waals surface area contributed by atoms with Crippen LogP contribution in [0.5, 0.6) is 0 Å². The van der Waals surface area contributed by atoms with Crippen LogP contribution in [0.4, 0.5) is 0 Å². The molecule has 12 heavy (non-hydrogen) atoms.